The van der Waals surface area contributed by atoms with Crippen molar-refractivity contribution in [3.63, 3.8) is 0 Å². The van der Waals surface area contributed by atoms with Gasteiger partial charge in [0.2, 0.25) is 0 Å². The van der Waals surface area contributed by atoms with Crippen molar-refractivity contribution in [1.29, 1.82) is 0 Å². The summed E-state index contributed by atoms with van der Waals surface area (Å²) in [4.78, 5) is 10.8. The van der Waals surface area contributed by atoms with Crippen molar-refractivity contribution >= 4 is 37.4 Å². The summed E-state index contributed by atoms with van der Waals surface area (Å²) in [6.07, 6.45) is 1.19. The summed E-state index contributed by atoms with van der Waals surface area (Å²) in [5.74, 6) is -1.01. The first-order valence-electron chi connectivity index (χ1n) is 5.51. The van der Waals surface area contributed by atoms with Crippen LogP contribution < -0.4 is 5.32 Å². The van der Waals surface area contributed by atoms with Gasteiger partial charge >= 0.3 is 5.97 Å². The van der Waals surface area contributed by atoms with E-state index in [0.717, 1.165) is 0 Å². The summed E-state index contributed by atoms with van der Waals surface area (Å²) < 4.78 is 22.8. The predicted molar refractivity (Wildman–Crippen MR) is 78.5 cm³/mol. The summed E-state index contributed by atoms with van der Waals surface area (Å²) >= 11 is 3.26. The Hall–Kier alpha value is -1.08. The highest BCUT2D eigenvalue weighted by Gasteiger charge is 2.29. The van der Waals surface area contributed by atoms with Crippen molar-refractivity contribution in [2.24, 2.45) is 0 Å². The molecular formula is C12H16BrNO4S. The minimum Gasteiger partial charge on any atom is -0.478 e. The van der Waals surface area contributed by atoms with E-state index in [1.807, 2.05) is 0 Å². The maximum atomic E-state index is 11.6. The number of halogens is 1. The van der Waals surface area contributed by atoms with E-state index < -0.39 is 20.6 Å². The second-order valence-corrected chi connectivity index (χ2v) is 8.39. The molecule has 0 aliphatic rings. The topological polar surface area (TPSA) is 83.5 Å². The third-order valence-electron chi connectivity index (χ3n) is 2.92. The van der Waals surface area contributed by atoms with E-state index in [-0.39, 0.29) is 12.1 Å². The van der Waals surface area contributed by atoms with E-state index in [4.69, 9.17) is 5.11 Å². The molecule has 0 radical (unpaired) electrons. The number of nitrogens with one attached hydrogen (secondary N) is 1. The van der Waals surface area contributed by atoms with Crippen LogP contribution >= 0.6 is 15.9 Å². The summed E-state index contributed by atoms with van der Waals surface area (Å²) in [6.45, 7) is 3.50. The van der Waals surface area contributed by atoms with Gasteiger partial charge in [0.15, 0.2) is 9.84 Å². The first kappa shape index (κ1) is 16.0. The third-order valence-corrected chi connectivity index (χ3v) is 5.73. The molecule has 0 heterocycles. The molecule has 1 aromatic carbocycles. The number of hydrogen-bond acceptors (Lipinski definition) is 4. The first-order chi connectivity index (χ1) is 8.54. The van der Waals surface area contributed by atoms with Gasteiger partial charge < -0.3 is 10.4 Å². The van der Waals surface area contributed by atoms with Crippen molar-refractivity contribution in [3.05, 3.63) is 28.2 Å². The Balaban J connectivity index is 2.88. The van der Waals surface area contributed by atoms with E-state index >= 15 is 0 Å². The van der Waals surface area contributed by atoms with Gasteiger partial charge in [-0.05, 0) is 48.0 Å². The molecular weight excluding hydrogens is 334 g/mol. The zero-order chi connectivity index (χ0) is 14.8. The molecule has 1 rings (SSSR count). The molecule has 0 bridgehead atoms. The highest BCUT2D eigenvalue weighted by atomic mass is 79.9. The molecule has 0 saturated carbocycles. The summed E-state index contributed by atoms with van der Waals surface area (Å²) in [6, 6.07) is 4.53. The number of carbonyl (C=O) groups is 1. The number of aromatic carboxylic acids is 1. The van der Waals surface area contributed by atoms with Gasteiger partial charge in [0.05, 0.1) is 10.3 Å². The van der Waals surface area contributed by atoms with Crippen molar-refractivity contribution in [2.75, 3.05) is 18.1 Å². The van der Waals surface area contributed by atoms with Gasteiger partial charge in [-0.3, -0.25) is 0 Å². The second-order valence-electron chi connectivity index (χ2n) is 4.89. The molecule has 19 heavy (non-hydrogen) atoms. The van der Waals surface area contributed by atoms with Gasteiger partial charge in [0.25, 0.3) is 0 Å². The Morgan fingerprint density at radius 1 is 1.42 bits per heavy atom. The normalized spacial score (nSPS) is 12.2. The lowest BCUT2D eigenvalue weighted by Crippen LogP contribution is -2.38. The highest BCUT2D eigenvalue weighted by molar-refractivity contribution is 9.10. The van der Waals surface area contributed by atoms with Crippen LogP contribution in [0.5, 0.6) is 0 Å². The quantitative estimate of drug-likeness (QED) is 0.852. The third kappa shape index (κ3) is 3.94. The minimum atomic E-state index is -3.18. The zero-order valence-corrected chi connectivity index (χ0v) is 13.3. The summed E-state index contributed by atoms with van der Waals surface area (Å²) in [7, 11) is -3.18. The molecule has 1 aromatic rings. The largest absolute Gasteiger partial charge is 0.478 e. The van der Waals surface area contributed by atoms with E-state index in [1.165, 1.54) is 18.4 Å². The van der Waals surface area contributed by atoms with Crippen LogP contribution in [-0.4, -0.2) is 37.0 Å². The monoisotopic (exact) mass is 349 g/mol. The van der Waals surface area contributed by atoms with Gasteiger partial charge in [0, 0.05) is 23.0 Å². The van der Waals surface area contributed by atoms with Crippen LogP contribution in [0.2, 0.25) is 0 Å². The molecule has 0 unspecified atom stereocenters. The van der Waals surface area contributed by atoms with Gasteiger partial charge in [-0.25, -0.2) is 13.2 Å². The average Bonchev–Trinajstić information content (AvgIpc) is 2.25. The Labute approximate surface area is 121 Å². The number of anilines is 1. The SMILES string of the molecule is CC(C)(CNc1ccc(C(=O)O)cc1Br)S(C)(=O)=O. The molecule has 0 amide bonds. The van der Waals surface area contributed by atoms with Gasteiger partial charge in [0.1, 0.15) is 0 Å². The fourth-order valence-electron chi connectivity index (χ4n) is 1.23. The lowest BCUT2D eigenvalue weighted by atomic mass is 10.2. The number of benzene rings is 1. The lowest BCUT2D eigenvalue weighted by molar-refractivity contribution is 0.0697. The molecule has 0 spiro atoms. The van der Waals surface area contributed by atoms with Crippen LogP contribution in [0.15, 0.2) is 22.7 Å². The molecule has 7 heteroatoms. The van der Waals surface area contributed by atoms with Gasteiger partial charge in [-0.15, -0.1) is 0 Å². The Morgan fingerprint density at radius 2 is 2.00 bits per heavy atom. The Morgan fingerprint density at radius 3 is 2.42 bits per heavy atom. The van der Waals surface area contributed by atoms with Crippen molar-refractivity contribution in [1.82, 2.24) is 0 Å². The standard InChI is InChI=1S/C12H16BrNO4S/c1-12(2,19(3,17)18)7-14-10-5-4-8(11(15)16)6-9(10)13/h4-6,14H,7H2,1-3H3,(H,15,16). The van der Waals surface area contributed by atoms with Crippen LogP contribution in [0, 0.1) is 0 Å². The van der Waals surface area contributed by atoms with E-state index in [2.05, 4.69) is 21.2 Å². The number of hydrogen-bond donors (Lipinski definition) is 2. The molecule has 106 valence electrons. The van der Waals surface area contributed by atoms with E-state index in [0.29, 0.717) is 10.2 Å². The van der Waals surface area contributed by atoms with Crippen molar-refractivity contribution in [2.45, 2.75) is 18.6 Å². The number of sulfone groups is 1. The second kappa shape index (κ2) is 5.50. The fraction of sp³-hybridized carbons (Fsp3) is 0.417. The number of carboxylic acid groups (broad SMARTS) is 1. The number of carboxylic acids is 1. The van der Waals surface area contributed by atoms with Crippen molar-refractivity contribution < 1.29 is 18.3 Å². The highest BCUT2D eigenvalue weighted by Crippen LogP contribution is 2.25. The van der Waals surface area contributed by atoms with Crippen LogP contribution in [0.25, 0.3) is 0 Å². The molecule has 5 nitrogen and oxygen atoms in total. The van der Waals surface area contributed by atoms with Crippen LogP contribution in [0.1, 0.15) is 24.2 Å². The lowest BCUT2D eigenvalue weighted by Gasteiger charge is -2.23. The molecule has 0 atom stereocenters. The molecule has 0 saturated heterocycles. The van der Waals surface area contributed by atoms with E-state index in [9.17, 15) is 13.2 Å². The number of rotatable bonds is 5. The molecule has 0 fully saturated rings. The molecule has 0 aliphatic heterocycles. The maximum absolute atomic E-state index is 11.6. The van der Waals surface area contributed by atoms with Gasteiger partial charge in [-0.1, -0.05) is 0 Å². The fourth-order valence-corrected chi connectivity index (χ4v) is 2.08. The van der Waals surface area contributed by atoms with Crippen molar-refractivity contribution in [3.8, 4) is 0 Å². The zero-order valence-electron chi connectivity index (χ0n) is 10.9. The van der Waals surface area contributed by atoms with Crippen LogP contribution in [0.3, 0.4) is 0 Å². The van der Waals surface area contributed by atoms with Crippen LogP contribution in [-0.2, 0) is 9.84 Å². The Kier molecular flexibility index (Phi) is 4.63. The van der Waals surface area contributed by atoms with Crippen LogP contribution in [0.4, 0.5) is 5.69 Å². The van der Waals surface area contributed by atoms with Gasteiger partial charge in [-0.2, -0.15) is 0 Å². The average molecular weight is 350 g/mol. The smallest absolute Gasteiger partial charge is 0.335 e. The summed E-state index contributed by atoms with van der Waals surface area (Å²) in [5, 5.41) is 11.9. The maximum Gasteiger partial charge on any atom is 0.335 e. The molecule has 0 aliphatic carbocycles. The van der Waals surface area contributed by atoms with E-state index in [1.54, 1.807) is 19.9 Å². The molecule has 2 N–H and O–H groups in total. The first-order valence-corrected chi connectivity index (χ1v) is 8.19. The molecule has 0 aromatic heterocycles. The summed E-state index contributed by atoms with van der Waals surface area (Å²) in [5.41, 5.74) is 0.821. The Bertz CT molecular complexity index is 596. The minimum absolute atomic E-state index is 0.166. The predicted octanol–water partition coefficient (Wildman–Crippen LogP) is 2.38.